The number of rotatable bonds is 5. The zero-order valence-corrected chi connectivity index (χ0v) is 11.8. The average molecular weight is 279 g/mol. The van der Waals surface area contributed by atoms with Gasteiger partial charge in [-0.05, 0) is 32.0 Å². The highest BCUT2D eigenvalue weighted by Gasteiger charge is 2.22. The Labute approximate surface area is 119 Å². The molecule has 1 saturated heterocycles. The summed E-state index contributed by atoms with van der Waals surface area (Å²) in [5, 5.41) is 4.19. The van der Waals surface area contributed by atoms with E-state index in [4.69, 9.17) is 16.4 Å². The lowest BCUT2D eigenvalue weighted by Crippen LogP contribution is -2.36. The molecular weight excluding hydrogens is 260 g/mol. The molecular formula is C15H19ClN2O. The van der Waals surface area contributed by atoms with Gasteiger partial charge in [0.15, 0.2) is 0 Å². The first-order valence-corrected chi connectivity index (χ1v) is 7.44. The van der Waals surface area contributed by atoms with Gasteiger partial charge in [0.1, 0.15) is 12.3 Å². The van der Waals surface area contributed by atoms with Crippen molar-refractivity contribution in [3.8, 4) is 0 Å². The van der Waals surface area contributed by atoms with Crippen LogP contribution in [0.3, 0.4) is 0 Å². The van der Waals surface area contributed by atoms with Crippen LogP contribution in [-0.2, 0) is 4.84 Å². The molecule has 1 atom stereocenters. The summed E-state index contributed by atoms with van der Waals surface area (Å²) in [5.41, 5.74) is 3.27. The largest absolute Gasteiger partial charge is 0.394 e. The van der Waals surface area contributed by atoms with Crippen molar-refractivity contribution in [3.63, 3.8) is 0 Å². The van der Waals surface area contributed by atoms with Crippen LogP contribution in [0.25, 0.3) is 0 Å². The van der Waals surface area contributed by atoms with Crippen molar-refractivity contribution in [2.45, 2.75) is 24.6 Å². The van der Waals surface area contributed by atoms with Gasteiger partial charge in [-0.25, -0.2) is 0 Å². The monoisotopic (exact) mass is 278 g/mol. The fourth-order valence-electron chi connectivity index (χ4n) is 2.67. The van der Waals surface area contributed by atoms with Gasteiger partial charge in [-0.3, -0.25) is 0 Å². The fourth-order valence-corrected chi connectivity index (χ4v) is 2.92. The average Bonchev–Trinajstić information content (AvgIpc) is 2.45. The van der Waals surface area contributed by atoms with Gasteiger partial charge in [-0.15, -0.1) is 11.6 Å². The molecule has 0 aromatic rings. The normalized spacial score (nSPS) is 25.6. The van der Waals surface area contributed by atoms with E-state index in [1.54, 1.807) is 0 Å². The summed E-state index contributed by atoms with van der Waals surface area (Å²) in [6.07, 6.45) is 12.2. The molecule has 1 unspecified atom stereocenters. The van der Waals surface area contributed by atoms with Crippen LogP contribution in [0.5, 0.6) is 0 Å². The molecule has 3 rings (SSSR count). The van der Waals surface area contributed by atoms with Gasteiger partial charge in [0.05, 0.1) is 5.38 Å². The Kier molecular flexibility index (Phi) is 4.04. The third-order valence-corrected chi connectivity index (χ3v) is 3.99. The molecule has 2 bridgehead atoms. The Bertz CT molecular complexity index is 445. The van der Waals surface area contributed by atoms with Crippen LogP contribution in [0, 0.1) is 0 Å². The zero-order chi connectivity index (χ0) is 13.1. The van der Waals surface area contributed by atoms with E-state index < -0.39 is 0 Å². The molecule has 0 radical (unpaired) electrons. The highest BCUT2D eigenvalue weighted by Crippen LogP contribution is 2.27. The molecule has 0 spiro atoms. The SMILES string of the molecule is ClC(CON=C1c2cccc1c2)CN1CCCCC1. The van der Waals surface area contributed by atoms with Crippen molar-refractivity contribution in [1.29, 1.82) is 0 Å². The van der Waals surface area contributed by atoms with E-state index in [2.05, 4.69) is 16.1 Å². The van der Waals surface area contributed by atoms with Gasteiger partial charge >= 0.3 is 0 Å². The summed E-state index contributed by atoms with van der Waals surface area (Å²) < 4.78 is 0. The molecule has 0 saturated carbocycles. The second kappa shape index (κ2) is 5.93. The maximum Gasteiger partial charge on any atom is 0.134 e. The molecule has 2 aliphatic carbocycles. The van der Waals surface area contributed by atoms with Crippen LogP contribution >= 0.6 is 11.6 Å². The van der Waals surface area contributed by atoms with Gasteiger partial charge in [0.25, 0.3) is 0 Å². The van der Waals surface area contributed by atoms with Crippen LogP contribution in [0.2, 0.25) is 0 Å². The van der Waals surface area contributed by atoms with Gasteiger partial charge in [0, 0.05) is 17.7 Å². The number of fused-ring (bicyclic) bond motifs is 2. The number of alkyl halides is 1. The van der Waals surface area contributed by atoms with Gasteiger partial charge in [-0.2, -0.15) is 0 Å². The van der Waals surface area contributed by atoms with Crippen LogP contribution in [0.4, 0.5) is 0 Å². The topological polar surface area (TPSA) is 24.8 Å². The number of hydrogen-bond donors (Lipinski definition) is 0. The smallest absolute Gasteiger partial charge is 0.134 e. The summed E-state index contributed by atoms with van der Waals surface area (Å²) in [4.78, 5) is 7.81. The second-order valence-electron chi connectivity index (χ2n) is 5.28. The van der Waals surface area contributed by atoms with Gasteiger partial charge in [0.2, 0.25) is 0 Å². The predicted octanol–water partition coefficient (Wildman–Crippen LogP) is 2.89. The first kappa shape index (κ1) is 12.9. The Morgan fingerprint density at radius 2 is 2.11 bits per heavy atom. The van der Waals surface area contributed by atoms with E-state index in [9.17, 15) is 0 Å². The van der Waals surface area contributed by atoms with Crippen molar-refractivity contribution in [2.75, 3.05) is 26.2 Å². The van der Waals surface area contributed by atoms with Crippen LogP contribution in [0.1, 0.15) is 19.3 Å². The molecule has 0 amide bonds. The first-order valence-electron chi connectivity index (χ1n) is 7.00. The lowest BCUT2D eigenvalue weighted by Gasteiger charge is -2.28. The van der Waals surface area contributed by atoms with E-state index in [0.717, 1.165) is 23.4 Å². The van der Waals surface area contributed by atoms with E-state index in [1.165, 1.54) is 32.4 Å². The summed E-state index contributed by atoms with van der Waals surface area (Å²) in [5.74, 6) is 0. The minimum absolute atomic E-state index is 0.0147. The minimum atomic E-state index is 0.0147. The number of oxime groups is 1. The molecule has 0 aromatic heterocycles. The van der Waals surface area contributed by atoms with Crippen molar-refractivity contribution < 1.29 is 4.84 Å². The van der Waals surface area contributed by atoms with Crippen LogP contribution in [0.15, 0.2) is 40.6 Å². The standard InChI is InChI=1S/C15H19ClN2O/c16-14(10-18-7-2-1-3-8-18)11-19-17-15-12-5-4-6-13(15)9-12/h4-6,9,14H,1-3,7-8,10-11H2. The molecule has 0 N–H and O–H groups in total. The summed E-state index contributed by atoms with van der Waals surface area (Å²) in [6, 6.07) is 0. The number of halogens is 1. The van der Waals surface area contributed by atoms with E-state index in [-0.39, 0.29) is 5.38 Å². The molecule has 19 heavy (non-hydrogen) atoms. The molecule has 102 valence electrons. The predicted molar refractivity (Wildman–Crippen MR) is 78.6 cm³/mol. The molecule has 1 fully saturated rings. The quantitative estimate of drug-likeness (QED) is 0.571. The van der Waals surface area contributed by atoms with E-state index in [1.807, 2.05) is 18.2 Å². The Balaban J connectivity index is 1.40. The fraction of sp³-hybridized carbons (Fsp3) is 0.533. The maximum atomic E-state index is 6.30. The third-order valence-electron chi connectivity index (χ3n) is 3.73. The molecule has 1 aliphatic heterocycles. The minimum Gasteiger partial charge on any atom is -0.394 e. The van der Waals surface area contributed by atoms with E-state index in [0.29, 0.717) is 6.61 Å². The Hall–Kier alpha value is -1.06. The summed E-state index contributed by atoms with van der Waals surface area (Å²) in [7, 11) is 0. The first-order chi connectivity index (χ1) is 9.33. The number of likely N-dealkylation sites (tertiary alicyclic amines) is 1. The van der Waals surface area contributed by atoms with Crippen molar-refractivity contribution >= 4 is 17.3 Å². The van der Waals surface area contributed by atoms with Crippen LogP contribution < -0.4 is 0 Å². The van der Waals surface area contributed by atoms with Crippen molar-refractivity contribution in [2.24, 2.45) is 5.16 Å². The maximum absolute atomic E-state index is 6.30. The van der Waals surface area contributed by atoms with Crippen molar-refractivity contribution in [1.82, 2.24) is 4.90 Å². The number of allylic oxidation sites excluding steroid dienone is 6. The summed E-state index contributed by atoms with van der Waals surface area (Å²) >= 11 is 6.30. The lowest BCUT2D eigenvalue weighted by molar-refractivity contribution is 0.127. The number of hydrogen-bond acceptors (Lipinski definition) is 3. The Morgan fingerprint density at radius 3 is 2.79 bits per heavy atom. The highest BCUT2D eigenvalue weighted by atomic mass is 35.5. The van der Waals surface area contributed by atoms with Crippen molar-refractivity contribution in [3.05, 3.63) is 35.5 Å². The summed E-state index contributed by atoms with van der Waals surface area (Å²) in [6.45, 7) is 3.72. The van der Waals surface area contributed by atoms with Gasteiger partial charge < -0.3 is 9.74 Å². The molecule has 0 aromatic carbocycles. The van der Waals surface area contributed by atoms with E-state index >= 15 is 0 Å². The molecule has 3 nitrogen and oxygen atoms in total. The van der Waals surface area contributed by atoms with Gasteiger partial charge in [-0.1, -0.05) is 29.8 Å². The molecule has 3 aliphatic rings. The highest BCUT2D eigenvalue weighted by molar-refractivity contribution is 6.23. The third kappa shape index (κ3) is 3.10. The number of nitrogens with zero attached hydrogens (tertiary/aromatic N) is 2. The zero-order valence-electron chi connectivity index (χ0n) is 11.0. The number of piperidine rings is 1. The van der Waals surface area contributed by atoms with Crippen LogP contribution in [-0.4, -0.2) is 42.2 Å². The Morgan fingerprint density at radius 1 is 1.26 bits per heavy atom. The molecule has 4 heteroatoms. The molecule has 1 heterocycles. The second-order valence-corrected chi connectivity index (χ2v) is 5.89. The lowest BCUT2D eigenvalue weighted by atomic mass is 9.86.